The number of phosphoric acid groups is 1. The monoisotopic (exact) mass is 571 g/mol. The minimum atomic E-state index is -4.77. The Morgan fingerprint density at radius 1 is 1.12 bits per heavy atom. The van der Waals surface area contributed by atoms with E-state index in [1.54, 1.807) is 17.0 Å². The number of rotatable bonds is 6. The highest BCUT2D eigenvalue weighted by Gasteiger charge is 2.47. The minimum Gasteiger partial charge on any atom is -0.434 e. The van der Waals surface area contributed by atoms with Crippen molar-refractivity contribution in [2.75, 3.05) is 4.90 Å². The van der Waals surface area contributed by atoms with Gasteiger partial charge in [-0.2, -0.15) is 8.78 Å². The molecule has 0 fully saturated rings. The van der Waals surface area contributed by atoms with Crippen LogP contribution in [0.4, 0.5) is 14.5 Å². The van der Waals surface area contributed by atoms with Gasteiger partial charge in [-0.25, -0.2) is 19.5 Å². The molecule has 2 atom stereocenters. The van der Waals surface area contributed by atoms with Crippen molar-refractivity contribution in [3.05, 3.63) is 66.0 Å². The van der Waals surface area contributed by atoms with E-state index < -0.39 is 20.0 Å². The molecule has 6 rings (SSSR count). The SMILES string of the molecule is CC(=O)N1c2cccc(OC(F)F)c2[C@H]2C[C@@H]1c1nc3ccc(-c4cnc(C(C)(C)OP(=O)(O)O)nc4)cc3n12. The average Bonchev–Trinajstić information content (AvgIpc) is 3.38. The Bertz CT molecular complexity index is 1700. The number of fused-ring (bicyclic) bond motifs is 9. The lowest BCUT2D eigenvalue weighted by Gasteiger charge is -2.34. The van der Waals surface area contributed by atoms with Gasteiger partial charge < -0.3 is 24.0 Å². The Morgan fingerprint density at radius 3 is 2.50 bits per heavy atom. The summed E-state index contributed by atoms with van der Waals surface area (Å²) in [6, 6.07) is 9.58. The average molecular weight is 571 g/mol. The number of hydrogen-bond acceptors (Lipinski definition) is 7. The number of carbonyl (C=O) groups excluding carboxylic acids is 1. The highest BCUT2D eigenvalue weighted by atomic mass is 31.2. The van der Waals surface area contributed by atoms with Gasteiger partial charge in [0.15, 0.2) is 5.82 Å². The number of hydrogen-bond donors (Lipinski definition) is 2. The second-order valence-corrected chi connectivity index (χ2v) is 11.3. The number of alkyl halides is 2. The van der Waals surface area contributed by atoms with Gasteiger partial charge in [0.1, 0.15) is 17.2 Å². The fourth-order valence-corrected chi connectivity index (χ4v) is 6.38. The molecule has 0 radical (unpaired) electrons. The van der Waals surface area contributed by atoms with E-state index in [0.29, 0.717) is 34.6 Å². The van der Waals surface area contributed by atoms with E-state index in [9.17, 15) is 27.9 Å². The molecule has 2 bridgehead atoms. The molecule has 2 N–H and O–H groups in total. The van der Waals surface area contributed by atoms with Crippen LogP contribution in [0.3, 0.4) is 0 Å². The predicted molar refractivity (Wildman–Crippen MR) is 139 cm³/mol. The van der Waals surface area contributed by atoms with Gasteiger partial charge in [-0.15, -0.1) is 0 Å². The number of carbonyl (C=O) groups is 1. The Labute approximate surface area is 226 Å². The minimum absolute atomic E-state index is 0.0113. The first-order chi connectivity index (χ1) is 18.8. The van der Waals surface area contributed by atoms with Crippen molar-refractivity contribution in [2.24, 2.45) is 0 Å². The lowest BCUT2D eigenvalue weighted by molar-refractivity contribution is -0.117. The third-order valence-corrected chi connectivity index (χ3v) is 7.84. The molecule has 40 heavy (non-hydrogen) atoms. The van der Waals surface area contributed by atoms with Crippen LogP contribution in [-0.4, -0.2) is 41.8 Å². The number of amides is 1. The maximum atomic E-state index is 13.3. The zero-order valence-corrected chi connectivity index (χ0v) is 22.4. The van der Waals surface area contributed by atoms with E-state index >= 15 is 0 Å². The molecule has 2 aromatic heterocycles. The Kier molecular flexibility index (Phi) is 6.04. The van der Waals surface area contributed by atoms with E-state index in [4.69, 9.17) is 14.2 Å². The summed E-state index contributed by atoms with van der Waals surface area (Å²) in [6.07, 6.45) is 3.51. The van der Waals surface area contributed by atoms with Gasteiger partial charge in [-0.3, -0.25) is 9.32 Å². The van der Waals surface area contributed by atoms with Crippen molar-refractivity contribution in [1.29, 1.82) is 0 Å². The van der Waals surface area contributed by atoms with Gasteiger partial charge in [0.25, 0.3) is 0 Å². The molecule has 11 nitrogen and oxygen atoms in total. The highest BCUT2D eigenvalue weighted by molar-refractivity contribution is 7.46. The Morgan fingerprint density at radius 2 is 1.85 bits per heavy atom. The summed E-state index contributed by atoms with van der Waals surface area (Å²) >= 11 is 0. The molecule has 0 spiro atoms. The Balaban J connectivity index is 1.44. The summed E-state index contributed by atoms with van der Waals surface area (Å²) in [5.41, 5.74) is 2.35. The predicted octanol–water partition coefficient (Wildman–Crippen LogP) is 4.84. The number of ether oxygens (including phenoxy) is 1. The summed E-state index contributed by atoms with van der Waals surface area (Å²) < 4.78 is 49.6. The van der Waals surface area contributed by atoms with Crippen LogP contribution in [0.25, 0.3) is 22.2 Å². The first kappa shape index (κ1) is 26.5. The van der Waals surface area contributed by atoms with Crippen LogP contribution in [0.5, 0.6) is 5.75 Å². The highest BCUT2D eigenvalue weighted by Crippen LogP contribution is 2.55. The third kappa shape index (κ3) is 4.35. The second-order valence-electron chi connectivity index (χ2n) is 10.2. The van der Waals surface area contributed by atoms with Gasteiger partial charge in [0.05, 0.1) is 28.8 Å². The van der Waals surface area contributed by atoms with Crippen LogP contribution in [0.15, 0.2) is 48.8 Å². The summed E-state index contributed by atoms with van der Waals surface area (Å²) in [4.78, 5) is 46.1. The van der Waals surface area contributed by atoms with Crippen molar-refractivity contribution in [2.45, 2.75) is 51.5 Å². The smallest absolute Gasteiger partial charge is 0.434 e. The number of benzene rings is 2. The molecule has 0 unspecified atom stereocenters. The van der Waals surface area contributed by atoms with Crippen molar-refractivity contribution in [3.63, 3.8) is 0 Å². The van der Waals surface area contributed by atoms with Gasteiger partial charge in [-0.1, -0.05) is 12.1 Å². The molecule has 2 aromatic carbocycles. The summed E-state index contributed by atoms with van der Waals surface area (Å²) in [7, 11) is -4.77. The van der Waals surface area contributed by atoms with Gasteiger partial charge in [0, 0.05) is 36.9 Å². The van der Waals surface area contributed by atoms with Crippen molar-refractivity contribution in [3.8, 4) is 16.9 Å². The number of aromatic nitrogens is 4. The van der Waals surface area contributed by atoms with E-state index in [1.165, 1.54) is 39.2 Å². The number of imidazole rings is 1. The second kappa shape index (κ2) is 9.13. The first-order valence-electron chi connectivity index (χ1n) is 12.3. The molecule has 2 aliphatic rings. The normalized spacial score (nSPS) is 18.2. The molecule has 208 valence electrons. The van der Waals surface area contributed by atoms with Crippen molar-refractivity contribution < 1.29 is 37.2 Å². The molecular weight excluding hydrogens is 547 g/mol. The molecule has 4 aromatic rings. The standard InChI is InChI=1S/C26H24F2N5O6P/c1-13(34)32-17-5-4-6-21(38-25(27)28)22(17)19-10-20(32)23-31-16-8-7-14(9-18(16)33(19)23)15-11-29-24(30-12-15)26(2,3)39-40(35,36)37/h4-9,11-12,19-20,25H,10H2,1-3H3,(H2,35,36,37)/t19-,20-/m1/s1. The number of nitrogens with zero attached hydrogens (tertiary/aromatic N) is 5. The molecule has 2 aliphatic heterocycles. The summed E-state index contributed by atoms with van der Waals surface area (Å²) in [5.74, 6) is 0.516. The lowest BCUT2D eigenvalue weighted by atomic mass is 9.93. The number of halogens is 2. The van der Waals surface area contributed by atoms with Crippen molar-refractivity contribution in [1.82, 2.24) is 19.5 Å². The van der Waals surface area contributed by atoms with Crippen LogP contribution in [0, 0.1) is 0 Å². The van der Waals surface area contributed by atoms with E-state index in [0.717, 1.165) is 11.1 Å². The largest absolute Gasteiger partial charge is 0.470 e. The van der Waals surface area contributed by atoms with E-state index in [1.807, 2.05) is 22.8 Å². The molecule has 0 saturated carbocycles. The Hall–Kier alpha value is -3.77. The lowest BCUT2D eigenvalue weighted by Crippen LogP contribution is -2.35. The molecule has 0 saturated heterocycles. The van der Waals surface area contributed by atoms with E-state index in [-0.39, 0.29) is 29.6 Å². The first-order valence-corrected chi connectivity index (χ1v) is 13.9. The van der Waals surface area contributed by atoms with Crippen molar-refractivity contribution >= 4 is 30.5 Å². The number of anilines is 1. The van der Waals surface area contributed by atoms with Crippen LogP contribution in [0.2, 0.25) is 0 Å². The summed E-state index contributed by atoms with van der Waals surface area (Å²) in [5, 5.41) is 0. The number of phosphoric ester groups is 1. The van der Waals surface area contributed by atoms with Crippen LogP contribution < -0.4 is 9.64 Å². The molecule has 14 heteroatoms. The molecule has 1 amide bonds. The third-order valence-electron chi connectivity index (χ3n) is 7.15. The maximum absolute atomic E-state index is 13.3. The molecule has 4 heterocycles. The zero-order valence-electron chi connectivity index (χ0n) is 21.5. The van der Waals surface area contributed by atoms with E-state index in [2.05, 4.69) is 9.97 Å². The maximum Gasteiger partial charge on any atom is 0.470 e. The molecular formula is C26H24F2N5O6P. The van der Waals surface area contributed by atoms with Gasteiger partial charge in [0.2, 0.25) is 5.91 Å². The van der Waals surface area contributed by atoms with Crippen LogP contribution >= 0.6 is 7.82 Å². The summed E-state index contributed by atoms with van der Waals surface area (Å²) in [6.45, 7) is 1.32. The molecule has 0 aliphatic carbocycles. The topological polar surface area (TPSA) is 140 Å². The fourth-order valence-electron chi connectivity index (χ4n) is 5.70. The van der Waals surface area contributed by atoms with Crippen LogP contribution in [0.1, 0.15) is 56.5 Å². The fraction of sp³-hybridized carbons (Fsp3) is 0.308. The quantitative estimate of drug-likeness (QED) is 0.311. The zero-order chi connectivity index (χ0) is 28.6. The van der Waals surface area contributed by atoms with Gasteiger partial charge in [-0.05, 0) is 43.7 Å². The van der Waals surface area contributed by atoms with Crippen LogP contribution in [-0.2, 0) is 19.5 Å². The van der Waals surface area contributed by atoms with Gasteiger partial charge >= 0.3 is 14.4 Å².